The molecule has 0 aliphatic rings. The molecule has 0 saturated heterocycles. The maximum Gasteiger partial charge on any atom is 0.108 e. The Labute approximate surface area is 64.2 Å². The molecule has 1 aromatic carbocycles. The highest BCUT2D eigenvalue weighted by Crippen LogP contribution is 2.11. The second-order valence-electron chi connectivity index (χ2n) is 2.09. The average Bonchev–Trinajstić information content (AvgIpc) is 2.07. The molecule has 54 valence electrons. The Hall–Kier alpha value is -1.69. The van der Waals surface area contributed by atoms with Crippen molar-refractivity contribution in [3.05, 3.63) is 34.7 Å². The first-order valence-corrected chi connectivity index (χ1v) is 3.16. The summed E-state index contributed by atoms with van der Waals surface area (Å²) in [5, 5.41) is 11.0. The maximum absolute atomic E-state index is 9.96. The van der Waals surface area contributed by atoms with Crippen molar-refractivity contribution in [3.63, 3.8) is 0 Å². The minimum atomic E-state index is 0.374. The molecular weight excluding hydrogens is 140 g/mol. The number of nitrogens with zero attached hydrogens (tertiary/aromatic N) is 2. The molecule has 0 heterocycles. The highest BCUT2D eigenvalue weighted by molar-refractivity contribution is 5.38. The SMILES string of the molecule is N#CCc1ccc(N=O)cc1. The third kappa shape index (κ3) is 1.87. The number of nitriles is 1. The molecule has 0 radical (unpaired) electrons. The van der Waals surface area contributed by atoms with Crippen LogP contribution in [0.1, 0.15) is 5.56 Å². The summed E-state index contributed by atoms with van der Waals surface area (Å²) in [5.41, 5.74) is 1.30. The van der Waals surface area contributed by atoms with Crippen molar-refractivity contribution in [2.24, 2.45) is 5.18 Å². The molecule has 0 bridgehead atoms. The molecule has 0 saturated carbocycles. The highest BCUT2D eigenvalue weighted by Gasteiger charge is 1.91. The van der Waals surface area contributed by atoms with Gasteiger partial charge in [0.05, 0.1) is 12.5 Å². The summed E-state index contributed by atoms with van der Waals surface area (Å²) in [5.74, 6) is 0. The van der Waals surface area contributed by atoms with Gasteiger partial charge in [0.2, 0.25) is 0 Å². The van der Waals surface area contributed by atoms with E-state index >= 15 is 0 Å². The Morgan fingerprint density at radius 3 is 2.45 bits per heavy atom. The van der Waals surface area contributed by atoms with E-state index in [2.05, 4.69) is 5.18 Å². The van der Waals surface area contributed by atoms with Crippen molar-refractivity contribution in [2.45, 2.75) is 6.42 Å². The van der Waals surface area contributed by atoms with E-state index in [0.29, 0.717) is 12.1 Å². The molecule has 0 aliphatic heterocycles. The van der Waals surface area contributed by atoms with Crippen LogP contribution in [0.3, 0.4) is 0 Å². The molecule has 0 amide bonds. The van der Waals surface area contributed by atoms with E-state index in [9.17, 15) is 4.91 Å². The van der Waals surface area contributed by atoms with Gasteiger partial charge in [0.15, 0.2) is 0 Å². The predicted octanol–water partition coefficient (Wildman–Crippen LogP) is 2.15. The van der Waals surface area contributed by atoms with Crippen molar-refractivity contribution in [2.75, 3.05) is 0 Å². The van der Waals surface area contributed by atoms with Crippen molar-refractivity contribution in [3.8, 4) is 6.07 Å². The van der Waals surface area contributed by atoms with Crippen LogP contribution < -0.4 is 0 Å². The van der Waals surface area contributed by atoms with E-state index in [1.165, 1.54) is 0 Å². The first-order chi connectivity index (χ1) is 5.36. The second-order valence-corrected chi connectivity index (χ2v) is 2.09. The lowest BCUT2D eigenvalue weighted by Crippen LogP contribution is -1.77. The van der Waals surface area contributed by atoms with Gasteiger partial charge < -0.3 is 0 Å². The van der Waals surface area contributed by atoms with Crippen LogP contribution in [-0.4, -0.2) is 0 Å². The third-order valence-corrected chi connectivity index (χ3v) is 1.32. The van der Waals surface area contributed by atoms with E-state index in [1.807, 2.05) is 6.07 Å². The van der Waals surface area contributed by atoms with Crippen LogP contribution in [0.15, 0.2) is 29.4 Å². The number of benzene rings is 1. The molecule has 0 spiro atoms. The summed E-state index contributed by atoms with van der Waals surface area (Å²) >= 11 is 0. The fraction of sp³-hybridized carbons (Fsp3) is 0.125. The number of nitroso groups, excluding NO2 is 1. The second kappa shape index (κ2) is 3.47. The number of rotatable bonds is 2. The molecule has 11 heavy (non-hydrogen) atoms. The Balaban J connectivity index is 2.84. The van der Waals surface area contributed by atoms with Crippen LogP contribution in [0.2, 0.25) is 0 Å². The first kappa shape index (κ1) is 7.42. The molecule has 3 nitrogen and oxygen atoms in total. The lowest BCUT2D eigenvalue weighted by Gasteiger charge is -1.91. The number of hydrogen-bond donors (Lipinski definition) is 0. The molecule has 0 fully saturated rings. The Bertz CT molecular complexity index is 284. The normalized spacial score (nSPS) is 8.64. The first-order valence-electron chi connectivity index (χ1n) is 3.16. The average molecular weight is 146 g/mol. The largest absolute Gasteiger partial charge is 0.198 e. The fourth-order valence-electron chi connectivity index (χ4n) is 0.766. The molecule has 0 N–H and O–H groups in total. The van der Waals surface area contributed by atoms with Gasteiger partial charge in [0.25, 0.3) is 0 Å². The van der Waals surface area contributed by atoms with Crippen molar-refractivity contribution in [1.82, 2.24) is 0 Å². The quantitative estimate of drug-likeness (QED) is 0.600. The van der Waals surface area contributed by atoms with Crippen LogP contribution in [0, 0.1) is 16.2 Å². The zero-order valence-corrected chi connectivity index (χ0v) is 5.82. The summed E-state index contributed by atoms with van der Waals surface area (Å²) in [7, 11) is 0. The highest BCUT2D eigenvalue weighted by atomic mass is 16.3. The molecule has 3 heteroatoms. The molecule has 1 rings (SSSR count). The van der Waals surface area contributed by atoms with Crippen LogP contribution in [0.25, 0.3) is 0 Å². The van der Waals surface area contributed by atoms with Crippen molar-refractivity contribution < 1.29 is 0 Å². The zero-order chi connectivity index (χ0) is 8.10. The van der Waals surface area contributed by atoms with Gasteiger partial charge in [-0.05, 0) is 22.9 Å². The Morgan fingerprint density at radius 1 is 1.36 bits per heavy atom. The van der Waals surface area contributed by atoms with E-state index in [0.717, 1.165) is 5.56 Å². The molecule has 0 aliphatic carbocycles. The van der Waals surface area contributed by atoms with Gasteiger partial charge >= 0.3 is 0 Å². The van der Waals surface area contributed by atoms with Crippen LogP contribution in [0.5, 0.6) is 0 Å². The topological polar surface area (TPSA) is 53.2 Å². The lowest BCUT2D eigenvalue weighted by molar-refractivity contribution is 1.26. The molecular formula is C8H6N2O. The molecule has 0 atom stereocenters. The van der Waals surface area contributed by atoms with Crippen LogP contribution >= 0.6 is 0 Å². The molecule has 0 unspecified atom stereocenters. The molecule has 1 aromatic rings. The molecule has 0 aromatic heterocycles. The van der Waals surface area contributed by atoms with Gasteiger partial charge in [0.1, 0.15) is 5.69 Å². The van der Waals surface area contributed by atoms with Crippen molar-refractivity contribution in [1.29, 1.82) is 5.26 Å². The summed E-state index contributed by atoms with van der Waals surface area (Å²) < 4.78 is 0. The van der Waals surface area contributed by atoms with Crippen LogP contribution in [-0.2, 0) is 6.42 Å². The minimum absolute atomic E-state index is 0.374. The predicted molar refractivity (Wildman–Crippen MR) is 41.2 cm³/mol. The maximum atomic E-state index is 9.96. The van der Waals surface area contributed by atoms with Gasteiger partial charge in [-0.15, -0.1) is 4.91 Å². The van der Waals surface area contributed by atoms with E-state index in [4.69, 9.17) is 5.26 Å². The standard InChI is InChI=1S/C8H6N2O/c9-6-5-7-1-3-8(10-11)4-2-7/h1-4H,5H2. The number of hydrogen-bond acceptors (Lipinski definition) is 3. The van der Waals surface area contributed by atoms with E-state index in [-0.39, 0.29) is 0 Å². The fourth-order valence-corrected chi connectivity index (χ4v) is 0.766. The summed E-state index contributed by atoms with van der Waals surface area (Å²) in [6.45, 7) is 0. The van der Waals surface area contributed by atoms with Gasteiger partial charge in [-0.2, -0.15) is 5.26 Å². The van der Waals surface area contributed by atoms with Gasteiger partial charge in [-0.3, -0.25) is 0 Å². The Morgan fingerprint density at radius 2 is 2.00 bits per heavy atom. The zero-order valence-electron chi connectivity index (χ0n) is 5.82. The Kier molecular flexibility index (Phi) is 2.34. The van der Waals surface area contributed by atoms with Gasteiger partial charge in [-0.1, -0.05) is 12.1 Å². The van der Waals surface area contributed by atoms with Gasteiger partial charge in [-0.25, -0.2) is 0 Å². The lowest BCUT2D eigenvalue weighted by atomic mass is 10.1. The van der Waals surface area contributed by atoms with E-state index in [1.54, 1.807) is 24.3 Å². The summed E-state index contributed by atoms with van der Waals surface area (Å²) in [6.07, 6.45) is 0.374. The van der Waals surface area contributed by atoms with Gasteiger partial charge in [0, 0.05) is 0 Å². The van der Waals surface area contributed by atoms with E-state index < -0.39 is 0 Å². The van der Waals surface area contributed by atoms with Crippen LogP contribution in [0.4, 0.5) is 5.69 Å². The smallest absolute Gasteiger partial charge is 0.108 e. The van der Waals surface area contributed by atoms with Crippen molar-refractivity contribution >= 4 is 5.69 Å². The minimum Gasteiger partial charge on any atom is -0.198 e. The monoisotopic (exact) mass is 146 g/mol. The third-order valence-electron chi connectivity index (χ3n) is 1.32. The summed E-state index contributed by atoms with van der Waals surface area (Å²) in [4.78, 5) is 9.96. The summed E-state index contributed by atoms with van der Waals surface area (Å²) in [6, 6.07) is 8.65.